The number of aliphatic carboxylic acids is 2. The topological polar surface area (TPSA) is 124 Å². The van der Waals surface area contributed by atoms with Crippen LogP contribution in [0.1, 0.15) is 16.3 Å². The first-order valence-electron chi connectivity index (χ1n) is 7.51. The summed E-state index contributed by atoms with van der Waals surface area (Å²) >= 11 is 0. The van der Waals surface area contributed by atoms with Crippen LogP contribution in [0.15, 0.2) is 45.6 Å². The summed E-state index contributed by atoms with van der Waals surface area (Å²) in [7, 11) is 0. The molecule has 1 amide bonds. The van der Waals surface area contributed by atoms with E-state index in [0.29, 0.717) is 5.76 Å². The number of hydrogen-bond acceptors (Lipinski definition) is 6. The van der Waals surface area contributed by atoms with Crippen molar-refractivity contribution < 1.29 is 33.4 Å². The zero-order chi connectivity index (χ0) is 18.2. The lowest BCUT2D eigenvalue weighted by molar-refractivity contribution is -0.159. The van der Waals surface area contributed by atoms with Crippen LogP contribution in [-0.2, 0) is 16.1 Å². The Bertz CT molecular complexity index is 674. The minimum absolute atomic E-state index is 0.0253. The molecule has 0 saturated carbocycles. The van der Waals surface area contributed by atoms with Crippen LogP contribution >= 0.6 is 0 Å². The second-order valence-corrected chi connectivity index (χ2v) is 5.24. The lowest BCUT2D eigenvalue weighted by Crippen LogP contribution is -2.48. The fraction of sp³-hybridized carbons (Fsp3) is 0.312. The monoisotopic (exact) mass is 350 g/mol. The highest BCUT2D eigenvalue weighted by Gasteiger charge is 2.23. The summed E-state index contributed by atoms with van der Waals surface area (Å²) in [5.41, 5.74) is 0. The van der Waals surface area contributed by atoms with Crippen LogP contribution in [0, 0.1) is 0 Å². The predicted octanol–water partition coefficient (Wildman–Crippen LogP) is 0.986. The molecule has 2 aromatic rings. The number of furan rings is 2. The van der Waals surface area contributed by atoms with Gasteiger partial charge in [-0.3, -0.25) is 9.69 Å². The van der Waals surface area contributed by atoms with Gasteiger partial charge in [-0.1, -0.05) is 0 Å². The first-order valence-corrected chi connectivity index (χ1v) is 7.51. The van der Waals surface area contributed by atoms with Gasteiger partial charge in [-0.25, -0.2) is 9.59 Å². The van der Waals surface area contributed by atoms with Crippen LogP contribution in [0.4, 0.5) is 0 Å². The van der Waals surface area contributed by atoms with Crippen molar-refractivity contribution in [1.29, 1.82) is 0 Å². The number of rotatable bonds is 3. The second-order valence-electron chi connectivity index (χ2n) is 5.24. The van der Waals surface area contributed by atoms with E-state index < -0.39 is 11.9 Å². The van der Waals surface area contributed by atoms with Crippen molar-refractivity contribution in [1.82, 2.24) is 9.80 Å². The van der Waals surface area contributed by atoms with E-state index in [1.807, 2.05) is 17.0 Å². The van der Waals surface area contributed by atoms with E-state index in [9.17, 15) is 4.79 Å². The predicted molar refractivity (Wildman–Crippen MR) is 83.9 cm³/mol. The van der Waals surface area contributed by atoms with E-state index in [-0.39, 0.29) is 5.91 Å². The molecule has 3 rings (SSSR count). The Labute approximate surface area is 143 Å². The molecular formula is C16H18N2O7. The van der Waals surface area contributed by atoms with Crippen molar-refractivity contribution in [3.05, 3.63) is 48.3 Å². The Morgan fingerprint density at radius 1 is 0.920 bits per heavy atom. The molecule has 0 atom stereocenters. The quantitative estimate of drug-likeness (QED) is 0.785. The lowest BCUT2D eigenvalue weighted by Gasteiger charge is -2.33. The zero-order valence-electron chi connectivity index (χ0n) is 13.3. The Morgan fingerprint density at radius 2 is 1.52 bits per heavy atom. The molecule has 0 unspecified atom stereocenters. The Balaban J connectivity index is 0.000000326. The third-order valence-corrected chi connectivity index (χ3v) is 3.53. The number of amides is 1. The second kappa shape index (κ2) is 8.69. The number of hydrogen-bond donors (Lipinski definition) is 2. The minimum Gasteiger partial charge on any atom is -0.473 e. The molecule has 2 N–H and O–H groups in total. The van der Waals surface area contributed by atoms with Crippen molar-refractivity contribution in [3.8, 4) is 0 Å². The number of nitrogens with zero attached hydrogens (tertiary/aromatic N) is 2. The van der Waals surface area contributed by atoms with Gasteiger partial charge in [-0.05, 0) is 24.3 Å². The fourth-order valence-electron chi connectivity index (χ4n) is 2.29. The minimum atomic E-state index is -1.82. The molecule has 9 nitrogen and oxygen atoms in total. The Morgan fingerprint density at radius 3 is 2.00 bits per heavy atom. The number of carbonyl (C=O) groups is 3. The van der Waals surface area contributed by atoms with Crippen LogP contribution in [0.5, 0.6) is 0 Å². The van der Waals surface area contributed by atoms with E-state index in [2.05, 4.69) is 4.90 Å². The Hall–Kier alpha value is -3.07. The lowest BCUT2D eigenvalue weighted by atomic mass is 10.2. The number of carboxylic acids is 2. The molecular weight excluding hydrogens is 332 g/mol. The van der Waals surface area contributed by atoms with Crippen LogP contribution in [0.2, 0.25) is 0 Å². The maximum atomic E-state index is 12.1. The van der Waals surface area contributed by atoms with Crippen molar-refractivity contribution in [2.75, 3.05) is 26.2 Å². The van der Waals surface area contributed by atoms with Gasteiger partial charge in [-0.2, -0.15) is 0 Å². The van der Waals surface area contributed by atoms with Crippen molar-refractivity contribution in [2.24, 2.45) is 0 Å². The van der Waals surface area contributed by atoms with E-state index in [1.54, 1.807) is 18.4 Å². The summed E-state index contributed by atoms with van der Waals surface area (Å²) in [5.74, 6) is -2.29. The number of carbonyl (C=O) groups excluding carboxylic acids is 1. The van der Waals surface area contributed by atoms with E-state index in [0.717, 1.165) is 38.5 Å². The average Bonchev–Trinajstić information content (AvgIpc) is 3.29. The molecule has 0 spiro atoms. The third kappa shape index (κ3) is 5.50. The average molecular weight is 350 g/mol. The molecule has 25 heavy (non-hydrogen) atoms. The zero-order valence-corrected chi connectivity index (χ0v) is 13.3. The molecule has 1 aliphatic heterocycles. The van der Waals surface area contributed by atoms with Gasteiger partial charge in [0.15, 0.2) is 5.76 Å². The maximum absolute atomic E-state index is 12.1. The highest BCUT2D eigenvalue weighted by Crippen LogP contribution is 2.12. The van der Waals surface area contributed by atoms with Gasteiger partial charge < -0.3 is 23.9 Å². The summed E-state index contributed by atoms with van der Waals surface area (Å²) in [4.78, 5) is 34.4. The van der Waals surface area contributed by atoms with Gasteiger partial charge in [0.2, 0.25) is 0 Å². The van der Waals surface area contributed by atoms with Crippen LogP contribution in [-0.4, -0.2) is 64.0 Å². The molecule has 1 aliphatic rings. The van der Waals surface area contributed by atoms with Crippen molar-refractivity contribution >= 4 is 17.8 Å². The van der Waals surface area contributed by atoms with E-state index >= 15 is 0 Å². The highest BCUT2D eigenvalue weighted by atomic mass is 16.4. The summed E-state index contributed by atoms with van der Waals surface area (Å²) < 4.78 is 10.5. The SMILES string of the molecule is O=C(O)C(=O)O.O=C(c1ccco1)N1CCN(Cc2ccco2)CC1. The summed E-state index contributed by atoms with van der Waals surface area (Å²) in [6.07, 6.45) is 3.21. The summed E-state index contributed by atoms with van der Waals surface area (Å²) in [5, 5.41) is 14.8. The smallest absolute Gasteiger partial charge is 0.414 e. The molecule has 0 radical (unpaired) electrons. The maximum Gasteiger partial charge on any atom is 0.414 e. The molecule has 3 heterocycles. The van der Waals surface area contributed by atoms with Crippen molar-refractivity contribution in [3.63, 3.8) is 0 Å². The van der Waals surface area contributed by atoms with Crippen LogP contribution in [0.25, 0.3) is 0 Å². The van der Waals surface area contributed by atoms with Crippen LogP contribution in [0.3, 0.4) is 0 Å². The normalized spacial score (nSPS) is 14.5. The van der Waals surface area contributed by atoms with Gasteiger partial charge in [0.1, 0.15) is 5.76 Å². The van der Waals surface area contributed by atoms with Gasteiger partial charge in [0.25, 0.3) is 5.91 Å². The molecule has 0 bridgehead atoms. The fourth-order valence-corrected chi connectivity index (χ4v) is 2.29. The Kier molecular flexibility index (Phi) is 6.35. The standard InChI is InChI=1S/C14H16N2O3.C2H2O4/c17-14(13-4-2-10-19-13)16-7-5-15(6-8-16)11-12-3-1-9-18-12;3-1(4)2(5)6/h1-4,9-10H,5-8,11H2;(H,3,4)(H,5,6). The first-order chi connectivity index (χ1) is 12.0. The molecule has 2 aromatic heterocycles. The van der Waals surface area contributed by atoms with E-state index in [1.165, 1.54) is 6.26 Å². The van der Waals surface area contributed by atoms with Gasteiger partial charge >= 0.3 is 11.9 Å². The third-order valence-electron chi connectivity index (χ3n) is 3.53. The summed E-state index contributed by atoms with van der Waals surface area (Å²) in [6, 6.07) is 7.31. The van der Waals surface area contributed by atoms with Gasteiger partial charge in [0.05, 0.1) is 19.1 Å². The molecule has 0 aromatic carbocycles. The van der Waals surface area contributed by atoms with Crippen LogP contribution < -0.4 is 0 Å². The van der Waals surface area contributed by atoms with E-state index in [4.69, 9.17) is 28.6 Å². The molecule has 1 saturated heterocycles. The molecule has 9 heteroatoms. The van der Waals surface area contributed by atoms with Gasteiger partial charge in [0, 0.05) is 26.2 Å². The van der Waals surface area contributed by atoms with Crippen molar-refractivity contribution in [2.45, 2.75) is 6.54 Å². The summed E-state index contributed by atoms with van der Waals surface area (Å²) in [6.45, 7) is 3.95. The number of carboxylic acid groups (broad SMARTS) is 2. The first kappa shape index (κ1) is 18.3. The molecule has 134 valence electrons. The molecule has 0 aliphatic carbocycles. The van der Waals surface area contributed by atoms with Gasteiger partial charge in [-0.15, -0.1) is 0 Å². The molecule has 1 fully saturated rings. The number of piperazine rings is 1. The largest absolute Gasteiger partial charge is 0.473 e. The highest BCUT2D eigenvalue weighted by molar-refractivity contribution is 6.27.